The highest BCUT2D eigenvalue weighted by Crippen LogP contribution is 2.31. The van der Waals surface area contributed by atoms with Gasteiger partial charge in [0.05, 0.1) is 11.6 Å². The molecule has 19 heavy (non-hydrogen) atoms. The van der Waals surface area contributed by atoms with Gasteiger partial charge in [0, 0.05) is 9.85 Å². The minimum absolute atomic E-state index is 0.0185. The molecule has 0 radical (unpaired) electrons. The summed E-state index contributed by atoms with van der Waals surface area (Å²) in [5, 5.41) is 2.97. The van der Waals surface area contributed by atoms with E-state index in [2.05, 4.69) is 27.8 Å². The van der Waals surface area contributed by atoms with E-state index in [0.717, 1.165) is 32.9 Å². The number of thiazole rings is 1. The number of halogens is 2. The van der Waals surface area contributed by atoms with Crippen molar-refractivity contribution >= 4 is 38.9 Å². The number of ether oxygens (including phenoxy) is 1. The van der Waals surface area contributed by atoms with Crippen LogP contribution in [-0.2, 0) is 5.88 Å². The molecule has 1 unspecified atom stereocenters. The second-order valence-electron chi connectivity index (χ2n) is 4.24. The van der Waals surface area contributed by atoms with Crippen molar-refractivity contribution in [3.63, 3.8) is 0 Å². The van der Waals surface area contributed by atoms with Gasteiger partial charge in [-0.15, -0.1) is 22.9 Å². The Bertz CT molecular complexity index is 558. The van der Waals surface area contributed by atoms with Crippen LogP contribution in [0.3, 0.4) is 0 Å². The smallest absolute Gasteiger partial charge is 0.150 e. The number of aryl methyl sites for hydroxylation is 1. The lowest BCUT2D eigenvalue weighted by molar-refractivity contribution is 0.199. The van der Waals surface area contributed by atoms with Crippen molar-refractivity contribution in [2.45, 2.75) is 32.3 Å². The minimum Gasteiger partial charge on any atom is -0.483 e. The first-order chi connectivity index (χ1) is 9.13. The van der Waals surface area contributed by atoms with E-state index in [0.29, 0.717) is 5.88 Å². The summed E-state index contributed by atoms with van der Waals surface area (Å²) >= 11 is 10.9. The molecule has 5 heteroatoms. The van der Waals surface area contributed by atoms with E-state index in [9.17, 15) is 0 Å². The lowest BCUT2D eigenvalue weighted by Crippen LogP contribution is -2.07. The third-order valence-electron chi connectivity index (χ3n) is 2.77. The van der Waals surface area contributed by atoms with Gasteiger partial charge in [-0.3, -0.25) is 0 Å². The molecule has 0 amide bonds. The van der Waals surface area contributed by atoms with E-state index in [1.807, 2.05) is 30.5 Å². The molecule has 1 aromatic heterocycles. The molecule has 102 valence electrons. The second-order valence-corrected chi connectivity index (χ2v) is 6.31. The lowest BCUT2D eigenvalue weighted by atomic mass is 10.2. The van der Waals surface area contributed by atoms with Crippen molar-refractivity contribution in [3.8, 4) is 5.75 Å². The number of rotatable bonds is 5. The Hall–Kier alpha value is -0.580. The molecule has 0 fully saturated rings. The standard InChI is InChI=1S/C14H15BrClNOS/c1-3-12(14-17-11(7-16)8-19-14)18-13-6-10(15)5-4-9(13)2/h4-6,8,12H,3,7H2,1-2H3. The number of hydrogen-bond acceptors (Lipinski definition) is 3. The fourth-order valence-electron chi connectivity index (χ4n) is 1.69. The summed E-state index contributed by atoms with van der Waals surface area (Å²) in [6.07, 6.45) is 0.858. The molecule has 0 saturated carbocycles. The Morgan fingerprint density at radius 2 is 2.26 bits per heavy atom. The Morgan fingerprint density at radius 3 is 2.89 bits per heavy atom. The molecule has 1 aromatic carbocycles. The van der Waals surface area contributed by atoms with E-state index in [1.54, 1.807) is 11.3 Å². The van der Waals surface area contributed by atoms with Gasteiger partial charge in [-0.05, 0) is 31.0 Å². The molecule has 1 atom stereocenters. The second kappa shape index (κ2) is 6.73. The Kier molecular flexibility index (Phi) is 5.25. The van der Waals surface area contributed by atoms with Crippen LogP contribution in [0.15, 0.2) is 28.1 Å². The van der Waals surface area contributed by atoms with Gasteiger partial charge in [0.1, 0.15) is 16.9 Å². The zero-order valence-electron chi connectivity index (χ0n) is 10.8. The van der Waals surface area contributed by atoms with Crippen molar-refractivity contribution in [2.24, 2.45) is 0 Å². The van der Waals surface area contributed by atoms with Crippen molar-refractivity contribution in [3.05, 3.63) is 44.3 Å². The number of alkyl halides is 1. The Labute approximate surface area is 130 Å². The van der Waals surface area contributed by atoms with Crippen LogP contribution in [0.1, 0.15) is 35.7 Å². The van der Waals surface area contributed by atoms with Crippen LogP contribution in [0.25, 0.3) is 0 Å². The van der Waals surface area contributed by atoms with Crippen molar-refractivity contribution in [1.29, 1.82) is 0 Å². The predicted molar refractivity (Wildman–Crippen MR) is 84.2 cm³/mol. The lowest BCUT2D eigenvalue weighted by Gasteiger charge is -2.17. The molecule has 2 nitrogen and oxygen atoms in total. The van der Waals surface area contributed by atoms with Crippen LogP contribution in [0.2, 0.25) is 0 Å². The number of benzene rings is 1. The fourth-order valence-corrected chi connectivity index (χ4v) is 3.19. The molecular weight excluding hydrogens is 346 g/mol. The molecule has 2 aromatic rings. The van der Waals surface area contributed by atoms with Crippen LogP contribution >= 0.6 is 38.9 Å². The van der Waals surface area contributed by atoms with Crippen molar-refractivity contribution in [2.75, 3.05) is 0 Å². The zero-order valence-corrected chi connectivity index (χ0v) is 14.0. The van der Waals surface area contributed by atoms with Crippen LogP contribution < -0.4 is 4.74 Å². The van der Waals surface area contributed by atoms with Gasteiger partial charge < -0.3 is 4.74 Å². The average molecular weight is 361 g/mol. The molecule has 0 saturated heterocycles. The summed E-state index contributed by atoms with van der Waals surface area (Å²) in [5.74, 6) is 1.34. The first kappa shape index (κ1) is 14.8. The molecule has 0 bridgehead atoms. The molecule has 0 aliphatic carbocycles. The van der Waals surface area contributed by atoms with Gasteiger partial charge in [0.25, 0.3) is 0 Å². The Balaban J connectivity index is 2.21. The van der Waals surface area contributed by atoms with Crippen molar-refractivity contribution in [1.82, 2.24) is 4.98 Å². The van der Waals surface area contributed by atoms with Crippen LogP contribution in [0.4, 0.5) is 0 Å². The van der Waals surface area contributed by atoms with Gasteiger partial charge in [-0.1, -0.05) is 28.9 Å². The monoisotopic (exact) mass is 359 g/mol. The quantitative estimate of drug-likeness (QED) is 0.658. The molecule has 2 rings (SSSR count). The van der Waals surface area contributed by atoms with Gasteiger partial charge in [0.2, 0.25) is 0 Å². The van der Waals surface area contributed by atoms with Crippen molar-refractivity contribution < 1.29 is 4.74 Å². The minimum atomic E-state index is -0.0185. The van der Waals surface area contributed by atoms with Crippen LogP contribution in [-0.4, -0.2) is 4.98 Å². The number of nitrogens with zero attached hydrogens (tertiary/aromatic N) is 1. The van der Waals surface area contributed by atoms with Crippen LogP contribution in [0.5, 0.6) is 5.75 Å². The zero-order chi connectivity index (χ0) is 13.8. The predicted octanol–water partition coefficient (Wildman–Crippen LogP) is 5.48. The van der Waals surface area contributed by atoms with E-state index in [4.69, 9.17) is 16.3 Å². The van der Waals surface area contributed by atoms with E-state index >= 15 is 0 Å². The molecule has 1 heterocycles. The van der Waals surface area contributed by atoms with Gasteiger partial charge >= 0.3 is 0 Å². The molecule has 0 N–H and O–H groups in total. The first-order valence-corrected chi connectivity index (χ1v) is 8.27. The van der Waals surface area contributed by atoms with E-state index in [1.165, 1.54) is 0 Å². The molecule has 0 aliphatic rings. The molecular formula is C14H15BrClNOS. The largest absolute Gasteiger partial charge is 0.483 e. The SMILES string of the molecule is CCC(Oc1cc(Br)ccc1C)c1nc(CCl)cs1. The maximum absolute atomic E-state index is 6.09. The number of hydrogen-bond donors (Lipinski definition) is 0. The Morgan fingerprint density at radius 1 is 1.47 bits per heavy atom. The van der Waals surface area contributed by atoms with E-state index in [-0.39, 0.29) is 6.10 Å². The number of aromatic nitrogens is 1. The summed E-state index contributed by atoms with van der Waals surface area (Å²) in [6.45, 7) is 4.14. The summed E-state index contributed by atoms with van der Waals surface area (Å²) in [6, 6.07) is 6.05. The third kappa shape index (κ3) is 3.71. The topological polar surface area (TPSA) is 22.1 Å². The van der Waals surface area contributed by atoms with Gasteiger partial charge in [-0.2, -0.15) is 0 Å². The van der Waals surface area contributed by atoms with E-state index < -0.39 is 0 Å². The summed E-state index contributed by atoms with van der Waals surface area (Å²) in [4.78, 5) is 4.50. The molecule has 0 spiro atoms. The van der Waals surface area contributed by atoms with Crippen LogP contribution in [0, 0.1) is 6.92 Å². The fraction of sp³-hybridized carbons (Fsp3) is 0.357. The summed E-state index contributed by atoms with van der Waals surface area (Å²) < 4.78 is 7.11. The summed E-state index contributed by atoms with van der Waals surface area (Å²) in [7, 11) is 0. The highest BCUT2D eigenvalue weighted by molar-refractivity contribution is 9.10. The van der Waals surface area contributed by atoms with Gasteiger partial charge in [0.15, 0.2) is 0 Å². The average Bonchev–Trinajstić information content (AvgIpc) is 2.88. The summed E-state index contributed by atoms with van der Waals surface area (Å²) in [5.41, 5.74) is 2.03. The molecule has 0 aliphatic heterocycles. The third-order valence-corrected chi connectivity index (χ3v) is 4.52. The first-order valence-electron chi connectivity index (χ1n) is 6.07. The maximum Gasteiger partial charge on any atom is 0.150 e. The normalized spacial score (nSPS) is 12.4. The maximum atomic E-state index is 6.09. The highest BCUT2D eigenvalue weighted by Gasteiger charge is 2.16. The highest BCUT2D eigenvalue weighted by atomic mass is 79.9. The van der Waals surface area contributed by atoms with Gasteiger partial charge in [-0.25, -0.2) is 4.98 Å².